The maximum absolute atomic E-state index is 13.6. The van der Waals surface area contributed by atoms with Crippen molar-refractivity contribution in [2.24, 2.45) is 5.92 Å². The number of rotatable bonds is 11. The van der Waals surface area contributed by atoms with E-state index < -0.39 is 22.2 Å². The van der Waals surface area contributed by atoms with Crippen LogP contribution in [-0.4, -0.2) is 66.7 Å². The zero-order valence-corrected chi connectivity index (χ0v) is 20.3. The Morgan fingerprint density at radius 1 is 1.15 bits per heavy atom. The number of carbonyl (C=O) groups excluding carboxylic acids is 1. The number of amides is 1. The number of aromatic amines is 1. The van der Waals surface area contributed by atoms with Crippen LogP contribution in [-0.2, 0) is 21.3 Å². The van der Waals surface area contributed by atoms with E-state index in [0.717, 1.165) is 5.56 Å². The first-order valence-electron chi connectivity index (χ1n) is 11.0. The minimum atomic E-state index is -4.00. The molecule has 1 amide bonds. The fourth-order valence-corrected chi connectivity index (χ4v) is 5.31. The molecule has 1 heterocycles. The number of ether oxygens (including phenoxy) is 1. The Bertz CT molecular complexity index is 1200. The van der Waals surface area contributed by atoms with Crippen molar-refractivity contribution >= 4 is 33.1 Å². The van der Waals surface area contributed by atoms with Gasteiger partial charge in [0.05, 0.1) is 18.7 Å². The molecule has 1 atom stereocenters. The van der Waals surface area contributed by atoms with Gasteiger partial charge in [0.25, 0.3) is 0 Å². The van der Waals surface area contributed by atoms with Gasteiger partial charge in [0, 0.05) is 26.2 Å². The van der Waals surface area contributed by atoms with Gasteiger partial charge in [-0.1, -0.05) is 50.2 Å². The van der Waals surface area contributed by atoms with Gasteiger partial charge in [-0.05, 0) is 23.6 Å². The van der Waals surface area contributed by atoms with Gasteiger partial charge in [0.1, 0.15) is 10.4 Å². The summed E-state index contributed by atoms with van der Waals surface area (Å²) in [7, 11) is -2.78. The second kappa shape index (κ2) is 11.4. The summed E-state index contributed by atoms with van der Waals surface area (Å²) >= 11 is 0. The number of nitrogens with zero attached hydrogens (tertiary/aromatic N) is 2. The molecule has 0 bridgehead atoms. The molecule has 0 fully saturated rings. The van der Waals surface area contributed by atoms with Crippen LogP contribution in [0.3, 0.4) is 0 Å². The number of anilines is 1. The molecular formula is C23H31N5O5S. The Morgan fingerprint density at radius 3 is 2.56 bits per heavy atom. The molecular weight excluding hydrogens is 458 g/mol. The van der Waals surface area contributed by atoms with Gasteiger partial charge >= 0.3 is 6.09 Å². The predicted molar refractivity (Wildman–Crippen MR) is 130 cm³/mol. The minimum Gasteiger partial charge on any atom is -0.453 e. The third kappa shape index (κ3) is 6.54. The molecule has 0 aliphatic rings. The molecule has 0 spiro atoms. The van der Waals surface area contributed by atoms with Gasteiger partial charge in [-0.15, -0.1) is 0 Å². The molecule has 0 radical (unpaired) electrons. The van der Waals surface area contributed by atoms with Crippen LogP contribution >= 0.6 is 0 Å². The Kier molecular flexibility index (Phi) is 8.61. The number of imidazole rings is 1. The quantitative estimate of drug-likeness (QED) is 0.325. The maximum atomic E-state index is 13.6. The molecule has 11 heteroatoms. The number of aliphatic hydroxyl groups is 1. The first-order chi connectivity index (χ1) is 16.2. The van der Waals surface area contributed by atoms with Crippen LogP contribution in [0.15, 0.2) is 53.4 Å². The Hall–Kier alpha value is -2.99. The number of H-pyrrole nitrogens is 1. The van der Waals surface area contributed by atoms with Crippen molar-refractivity contribution in [1.82, 2.24) is 19.6 Å². The van der Waals surface area contributed by atoms with Gasteiger partial charge in [0.2, 0.25) is 16.0 Å². The number of hydrogen-bond donors (Lipinski definition) is 4. The molecule has 184 valence electrons. The van der Waals surface area contributed by atoms with E-state index in [2.05, 4.69) is 25.3 Å². The zero-order chi connectivity index (χ0) is 24.7. The van der Waals surface area contributed by atoms with Crippen molar-refractivity contribution in [3.63, 3.8) is 0 Å². The molecule has 0 unspecified atom stereocenters. The van der Waals surface area contributed by atoms with Crippen LogP contribution in [0.5, 0.6) is 0 Å². The lowest BCUT2D eigenvalue weighted by atomic mass is 10.2. The molecule has 10 nitrogen and oxygen atoms in total. The lowest BCUT2D eigenvalue weighted by Gasteiger charge is -2.26. The molecule has 1 aromatic heterocycles. The molecule has 0 aliphatic carbocycles. The molecule has 0 saturated carbocycles. The van der Waals surface area contributed by atoms with Crippen LogP contribution in [0.1, 0.15) is 19.4 Å². The van der Waals surface area contributed by atoms with E-state index in [-0.39, 0.29) is 41.9 Å². The second-order valence-electron chi connectivity index (χ2n) is 8.34. The van der Waals surface area contributed by atoms with Gasteiger partial charge in [0.15, 0.2) is 0 Å². The molecule has 2 aromatic carbocycles. The molecule has 34 heavy (non-hydrogen) atoms. The fourth-order valence-electron chi connectivity index (χ4n) is 3.52. The van der Waals surface area contributed by atoms with Crippen LogP contribution in [0.4, 0.5) is 10.7 Å². The largest absolute Gasteiger partial charge is 0.453 e. The average molecular weight is 490 g/mol. The third-order valence-electron chi connectivity index (χ3n) is 5.03. The first-order valence-corrected chi connectivity index (χ1v) is 12.4. The topological polar surface area (TPSA) is 137 Å². The number of para-hydroxylation sites is 1. The number of carbonyl (C=O) groups is 1. The van der Waals surface area contributed by atoms with Gasteiger partial charge in [-0.25, -0.2) is 18.2 Å². The fraction of sp³-hybridized carbons (Fsp3) is 0.391. The number of nitrogens with one attached hydrogen (secondary N) is 3. The van der Waals surface area contributed by atoms with Gasteiger partial charge in [-0.3, -0.25) is 5.32 Å². The highest BCUT2D eigenvalue weighted by Gasteiger charge is 2.30. The number of methoxy groups -OCH3 is 1. The number of aromatic nitrogens is 2. The van der Waals surface area contributed by atoms with Gasteiger partial charge < -0.3 is 20.1 Å². The Balaban J connectivity index is 1.79. The lowest BCUT2D eigenvalue weighted by Crippen LogP contribution is -2.43. The van der Waals surface area contributed by atoms with Crippen molar-refractivity contribution in [2.45, 2.75) is 31.4 Å². The summed E-state index contributed by atoms with van der Waals surface area (Å²) in [4.78, 5) is 18.6. The van der Waals surface area contributed by atoms with Crippen molar-refractivity contribution in [3.8, 4) is 0 Å². The molecule has 3 aromatic rings. The SMILES string of the molecule is COC(=O)Nc1nc2c(S(=O)(=O)N(CC(C)C)C[C@H](O)CNCc3ccccc3)cccc2[nH]1. The highest BCUT2D eigenvalue weighted by molar-refractivity contribution is 7.89. The molecule has 0 saturated heterocycles. The highest BCUT2D eigenvalue weighted by Crippen LogP contribution is 2.26. The third-order valence-corrected chi connectivity index (χ3v) is 6.90. The van der Waals surface area contributed by atoms with Crippen LogP contribution < -0.4 is 10.6 Å². The van der Waals surface area contributed by atoms with Crippen molar-refractivity contribution in [3.05, 3.63) is 54.1 Å². The second-order valence-corrected chi connectivity index (χ2v) is 10.2. The van der Waals surface area contributed by atoms with E-state index in [1.807, 2.05) is 44.2 Å². The van der Waals surface area contributed by atoms with Crippen molar-refractivity contribution in [1.29, 1.82) is 0 Å². The number of aliphatic hydroxyl groups excluding tert-OH is 1. The van der Waals surface area contributed by atoms with Crippen LogP contribution in [0, 0.1) is 5.92 Å². The first kappa shape index (κ1) is 25.6. The summed E-state index contributed by atoms with van der Waals surface area (Å²) in [5.74, 6) is 0.110. The summed E-state index contributed by atoms with van der Waals surface area (Å²) in [6, 6.07) is 14.5. The minimum absolute atomic E-state index is 0.00994. The summed E-state index contributed by atoms with van der Waals surface area (Å²) in [5.41, 5.74) is 1.71. The van der Waals surface area contributed by atoms with Crippen LogP contribution in [0.2, 0.25) is 0 Å². The highest BCUT2D eigenvalue weighted by atomic mass is 32.2. The van der Waals surface area contributed by atoms with Crippen molar-refractivity contribution in [2.75, 3.05) is 32.1 Å². The summed E-state index contributed by atoms with van der Waals surface area (Å²) in [6.45, 7) is 4.78. The summed E-state index contributed by atoms with van der Waals surface area (Å²) in [5, 5.41) is 16.2. The van der Waals surface area contributed by atoms with E-state index in [4.69, 9.17) is 0 Å². The number of fused-ring (bicyclic) bond motifs is 1. The van der Waals surface area contributed by atoms with Crippen LogP contribution in [0.25, 0.3) is 11.0 Å². The smallest absolute Gasteiger partial charge is 0.413 e. The number of benzene rings is 2. The normalized spacial score (nSPS) is 12.9. The van der Waals surface area contributed by atoms with E-state index in [1.54, 1.807) is 12.1 Å². The maximum Gasteiger partial charge on any atom is 0.413 e. The lowest BCUT2D eigenvalue weighted by molar-refractivity contribution is 0.139. The number of hydrogen-bond acceptors (Lipinski definition) is 7. The molecule has 3 rings (SSSR count). The Labute approximate surface area is 199 Å². The predicted octanol–water partition coefficient (Wildman–Crippen LogP) is 2.54. The average Bonchev–Trinajstić information content (AvgIpc) is 3.21. The monoisotopic (exact) mass is 489 g/mol. The van der Waals surface area contributed by atoms with E-state index in [1.165, 1.54) is 17.5 Å². The van der Waals surface area contributed by atoms with E-state index in [0.29, 0.717) is 12.1 Å². The summed E-state index contributed by atoms with van der Waals surface area (Å²) < 4.78 is 33.1. The molecule has 4 N–H and O–H groups in total. The Morgan fingerprint density at radius 2 is 1.88 bits per heavy atom. The van der Waals surface area contributed by atoms with E-state index >= 15 is 0 Å². The molecule has 0 aliphatic heterocycles. The van der Waals surface area contributed by atoms with Crippen molar-refractivity contribution < 1.29 is 23.1 Å². The number of sulfonamides is 1. The standard InChI is InChI=1S/C23H31N5O5S/c1-16(2)14-28(15-18(29)13-24-12-17-8-5-4-6-9-17)34(31,32)20-11-7-10-19-21(20)26-22(25-19)27-23(30)33-3/h4-11,16,18,24,29H,12-15H2,1-3H3,(H2,25,26,27,30)/t18-/m1/s1. The summed E-state index contributed by atoms with van der Waals surface area (Å²) in [6.07, 6.45) is -1.64. The zero-order valence-electron chi connectivity index (χ0n) is 19.5. The van der Waals surface area contributed by atoms with Gasteiger partial charge in [-0.2, -0.15) is 4.31 Å². The van der Waals surface area contributed by atoms with E-state index in [9.17, 15) is 18.3 Å².